The number of aromatic nitrogens is 2. The lowest BCUT2D eigenvalue weighted by Gasteiger charge is -2.20. The van der Waals surface area contributed by atoms with Gasteiger partial charge in [0.2, 0.25) is 0 Å². The number of nitro groups is 1. The Kier molecular flexibility index (Phi) is 5.55. The molecule has 0 N–H and O–H groups in total. The minimum absolute atomic E-state index is 0.0111. The summed E-state index contributed by atoms with van der Waals surface area (Å²) in [4.78, 5) is 27.1. The van der Waals surface area contributed by atoms with Gasteiger partial charge in [0.25, 0.3) is 5.69 Å². The number of esters is 1. The van der Waals surface area contributed by atoms with Crippen LogP contribution in [0, 0.1) is 16.0 Å². The molecule has 0 unspecified atom stereocenters. The number of imidazole rings is 1. The number of nitrogens with zero attached hydrogens (tertiary/aromatic N) is 3. The SMILES string of the molecule is O=C(CCC1CCCCC1)Oc1ccc(-c2cn3cc([N+](=O)[O-])ccc3n2)cc1. The lowest BCUT2D eigenvalue weighted by Crippen LogP contribution is -2.12. The van der Waals surface area contributed by atoms with E-state index in [9.17, 15) is 14.9 Å². The van der Waals surface area contributed by atoms with E-state index in [1.54, 1.807) is 28.8 Å². The Labute approximate surface area is 168 Å². The Morgan fingerprint density at radius 2 is 1.86 bits per heavy atom. The lowest BCUT2D eigenvalue weighted by molar-refractivity contribution is -0.385. The van der Waals surface area contributed by atoms with Crippen LogP contribution < -0.4 is 4.74 Å². The minimum Gasteiger partial charge on any atom is -0.427 e. The number of pyridine rings is 1. The molecular weight excluding hydrogens is 370 g/mol. The second kappa shape index (κ2) is 8.43. The zero-order chi connectivity index (χ0) is 20.2. The summed E-state index contributed by atoms with van der Waals surface area (Å²) < 4.78 is 7.09. The van der Waals surface area contributed by atoms with E-state index in [0.29, 0.717) is 29.4 Å². The highest BCUT2D eigenvalue weighted by Crippen LogP contribution is 2.28. The zero-order valence-electron chi connectivity index (χ0n) is 16.1. The van der Waals surface area contributed by atoms with Gasteiger partial charge in [-0.2, -0.15) is 0 Å². The Hall–Kier alpha value is -3.22. The van der Waals surface area contributed by atoms with Crippen LogP contribution in [0.3, 0.4) is 0 Å². The number of carbonyl (C=O) groups excluding carboxylic acids is 1. The van der Waals surface area contributed by atoms with E-state index in [2.05, 4.69) is 4.98 Å². The fourth-order valence-electron chi connectivity index (χ4n) is 3.90. The van der Waals surface area contributed by atoms with Crippen molar-refractivity contribution in [3.05, 3.63) is 58.9 Å². The second-order valence-electron chi connectivity index (χ2n) is 7.58. The van der Waals surface area contributed by atoms with Crippen molar-refractivity contribution in [3.8, 4) is 17.0 Å². The van der Waals surface area contributed by atoms with Crippen molar-refractivity contribution in [3.63, 3.8) is 0 Å². The molecule has 2 aromatic heterocycles. The van der Waals surface area contributed by atoms with E-state index in [1.165, 1.54) is 44.4 Å². The van der Waals surface area contributed by atoms with Gasteiger partial charge in [-0.25, -0.2) is 4.98 Å². The Morgan fingerprint density at radius 1 is 1.10 bits per heavy atom. The molecule has 1 aliphatic carbocycles. The highest BCUT2D eigenvalue weighted by molar-refractivity contribution is 5.73. The van der Waals surface area contributed by atoms with Crippen LogP contribution in [0.2, 0.25) is 0 Å². The predicted molar refractivity (Wildman–Crippen MR) is 109 cm³/mol. The van der Waals surface area contributed by atoms with Gasteiger partial charge >= 0.3 is 5.97 Å². The first-order valence-electron chi connectivity index (χ1n) is 10.0. The number of ether oxygens (including phenoxy) is 1. The molecule has 0 aliphatic heterocycles. The molecule has 2 heterocycles. The molecule has 0 atom stereocenters. The smallest absolute Gasteiger partial charge is 0.311 e. The molecule has 4 rings (SSSR count). The number of benzene rings is 1. The van der Waals surface area contributed by atoms with E-state index in [1.807, 2.05) is 12.1 Å². The zero-order valence-corrected chi connectivity index (χ0v) is 16.1. The maximum absolute atomic E-state index is 12.1. The van der Waals surface area contributed by atoms with Crippen LogP contribution >= 0.6 is 0 Å². The fraction of sp³-hybridized carbons (Fsp3) is 0.364. The first-order valence-corrected chi connectivity index (χ1v) is 10.0. The standard InChI is InChI=1S/C22H23N3O4/c26-22(13-6-16-4-2-1-3-5-16)29-19-10-7-17(8-11-19)20-15-24-14-18(25(27)28)9-12-21(24)23-20/h7-12,14-16H,1-6,13H2. The quantitative estimate of drug-likeness (QED) is 0.249. The Balaban J connectivity index is 1.39. The third-order valence-electron chi connectivity index (χ3n) is 5.51. The number of carbonyl (C=O) groups is 1. The molecule has 7 nitrogen and oxygen atoms in total. The van der Waals surface area contributed by atoms with Gasteiger partial charge in [-0.15, -0.1) is 0 Å². The molecule has 29 heavy (non-hydrogen) atoms. The van der Waals surface area contributed by atoms with E-state index in [0.717, 1.165) is 12.0 Å². The fourth-order valence-corrected chi connectivity index (χ4v) is 3.90. The summed E-state index contributed by atoms with van der Waals surface area (Å²) in [6.45, 7) is 0. The summed E-state index contributed by atoms with van der Waals surface area (Å²) in [5.74, 6) is 0.981. The number of hydrogen-bond donors (Lipinski definition) is 0. The van der Waals surface area contributed by atoms with Gasteiger partial charge in [-0.3, -0.25) is 19.3 Å². The van der Waals surface area contributed by atoms with Crippen LogP contribution in [0.4, 0.5) is 5.69 Å². The number of hydrogen-bond acceptors (Lipinski definition) is 5. The van der Waals surface area contributed by atoms with Crippen LogP contribution in [0.25, 0.3) is 16.9 Å². The van der Waals surface area contributed by atoms with Crippen LogP contribution in [0.15, 0.2) is 48.8 Å². The van der Waals surface area contributed by atoms with Gasteiger partial charge in [-0.1, -0.05) is 32.1 Å². The lowest BCUT2D eigenvalue weighted by atomic mass is 9.86. The van der Waals surface area contributed by atoms with E-state index >= 15 is 0 Å². The molecule has 1 saturated carbocycles. The van der Waals surface area contributed by atoms with E-state index in [4.69, 9.17) is 4.74 Å². The predicted octanol–water partition coefficient (Wildman–Crippen LogP) is 5.18. The van der Waals surface area contributed by atoms with Crippen molar-refractivity contribution in [1.82, 2.24) is 9.38 Å². The highest BCUT2D eigenvalue weighted by atomic mass is 16.6. The summed E-state index contributed by atoms with van der Waals surface area (Å²) in [6, 6.07) is 10.2. The van der Waals surface area contributed by atoms with Gasteiger partial charge in [0, 0.05) is 24.2 Å². The molecule has 1 aromatic carbocycles. The number of fused-ring (bicyclic) bond motifs is 1. The summed E-state index contributed by atoms with van der Waals surface area (Å²) in [5.41, 5.74) is 2.18. The highest BCUT2D eigenvalue weighted by Gasteiger charge is 2.16. The summed E-state index contributed by atoms with van der Waals surface area (Å²) in [5, 5.41) is 10.9. The van der Waals surface area contributed by atoms with E-state index in [-0.39, 0.29) is 11.7 Å². The van der Waals surface area contributed by atoms with Crippen molar-refractivity contribution in [2.24, 2.45) is 5.92 Å². The van der Waals surface area contributed by atoms with E-state index < -0.39 is 4.92 Å². The monoisotopic (exact) mass is 393 g/mol. The summed E-state index contributed by atoms with van der Waals surface area (Å²) >= 11 is 0. The molecule has 0 bridgehead atoms. The minimum atomic E-state index is -0.434. The van der Waals surface area contributed by atoms with Crippen molar-refractivity contribution >= 4 is 17.3 Å². The van der Waals surface area contributed by atoms with Gasteiger partial charge in [0.05, 0.1) is 16.8 Å². The first-order chi connectivity index (χ1) is 14.1. The van der Waals surface area contributed by atoms with Crippen molar-refractivity contribution in [2.75, 3.05) is 0 Å². The molecule has 7 heteroatoms. The van der Waals surface area contributed by atoms with Gasteiger partial charge < -0.3 is 4.74 Å². The van der Waals surface area contributed by atoms with Crippen molar-refractivity contribution in [2.45, 2.75) is 44.9 Å². The molecule has 0 amide bonds. The maximum atomic E-state index is 12.1. The van der Waals surface area contributed by atoms with Gasteiger partial charge in [-0.05, 0) is 42.7 Å². The first kappa shape index (κ1) is 19.1. The third kappa shape index (κ3) is 4.62. The average Bonchev–Trinajstić information content (AvgIpc) is 3.17. The number of rotatable bonds is 6. The molecule has 0 radical (unpaired) electrons. The summed E-state index contributed by atoms with van der Waals surface area (Å²) in [7, 11) is 0. The molecular formula is C22H23N3O4. The summed E-state index contributed by atoms with van der Waals surface area (Å²) in [6.07, 6.45) is 10.9. The Bertz CT molecular complexity index is 1020. The van der Waals surface area contributed by atoms with Gasteiger partial charge in [0.15, 0.2) is 0 Å². The molecule has 0 saturated heterocycles. The molecule has 0 spiro atoms. The maximum Gasteiger partial charge on any atom is 0.311 e. The normalized spacial score (nSPS) is 14.8. The molecule has 1 fully saturated rings. The molecule has 3 aromatic rings. The van der Waals surface area contributed by atoms with Crippen LogP contribution in [0.5, 0.6) is 5.75 Å². The second-order valence-corrected chi connectivity index (χ2v) is 7.58. The van der Waals surface area contributed by atoms with Crippen LogP contribution in [-0.2, 0) is 4.79 Å². The molecule has 150 valence electrons. The van der Waals surface area contributed by atoms with Crippen LogP contribution in [-0.4, -0.2) is 20.3 Å². The largest absolute Gasteiger partial charge is 0.427 e. The van der Waals surface area contributed by atoms with Gasteiger partial charge in [0.1, 0.15) is 11.4 Å². The topological polar surface area (TPSA) is 86.7 Å². The average molecular weight is 393 g/mol. The third-order valence-corrected chi connectivity index (χ3v) is 5.51. The Morgan fingerprint density at radius 3 is 2.59 bits per heavy atom. The van der Waals surface area contributed by atoms with Crippen molar-refractivity contribution in [1.29, 1.82) is 0 Å². The van der Waals surface area contributed by atoms with Crippen molar-refractivity contribution < 1.29 is 14.5 Å². The molecule has 1 aliphatic rings. The van der Waals surface area contributed by atoms with Crippen LogP contribution in [0.1, 0.15) is 44.9 Å².